The standard InChI is InChI=1S/C20H32BN3O4P3/c1-7-22(8-2)31(21,23(29(25-3)26-4)19-15-11-9-12-16-19)24(30(27-5)28-6)20-17-13-10-14-18-20/h9-18H,7-8H2,1-6H3. The summed E-state index contributed by atoms with van der Waals surface area (Å²) < 4.78 is 29.7. The number of anilines is 2. The summed E-state index contributed by atoms with van der Waals surface area (Å²) in [7, 11) is 8.19. The predicted octanol–water partition coefficient (Wildman–Crippen LogP) is 6.23. The normalized spacial score (nSPS) is 12.1. The molecule has 0 fully saturated rings. The van der Waals surface area contributed by atoms with Crippen LogP contribution in [0.25, 0.3) is 0 Å². The molecule has 0 saturated carbocycles. The van der Waals surface area contributed by atoms with E-state index in [-0.39, 0.29) is 0 Å². The molecule has 0 unspecified atom stereocenters. The van der Waals surface area contributed by atoms with E-state index in [1.54, 1.807) is 28.4 Å². The van der Waals surface area contributed by atoms with Crippen molar-refractivity contribution in [2.45, 2.75) is 13.8 Å². The van der Waals surface area contributed by atoms with Crippen LogP contribution in [-0.4, -0.2) is 53.8 Å². The number of nitrogens with zero attached hydrogens (tertiary/aromatic N) is 3. The molecule has 0 aliphatic carbocycles. The van der Waals surface area contributed by atoms with Crippen molar-refractivity contribution in [1.82, 2.24) is 4.67 Å². The van der Waals surface area contributed by atoms with E-state index < -0.39 is 24.6 Å². The van der Waals surface area contributed by atoms with Gasteiger partial charge in [-0.05, 0) is 38.1 Å². The van der Waals surface area contributed by atoms with Gasteiger partial charge in [-0.25, -0.2) is 7.57 Å². The fourth-order valence-corrected chi connectivity index (χ4v) is 11.2. The van der Waals surface area contributed by atoms with Gasteiger partial charge in [-0.2, -0.15) is 13.6 Å². The zero-order valence-corrected chi connectivity index (χ0v) is 21.8. The molecule has 0 N–H and O–H groups in total. The summed E-state index contributed by atoms with van der Waals surface area (Å²) in [6.45, 7) is 5.64. The highest BCUT2D eigenvalue weighted by Crippen LogP contribution is 2.78. The summed E-state index contributed by atoms with van der Waals surface area (Å²) >= 11 is 0. The lowest BCUT2D eigenvalue weighted by Crippen LogP contribution is -2.43. The molecule has 0 bridgehead atoms. The van der Waals surface area contributed by atoms with Crippen LogP contribution in [0.15, 0.2) is 60.7 Å². The van der Waals surface area contributed by atoms with Crippen LogP contribution < -0.4 is 8.88 Å². The SMILES string of the molecule is [B-][P+](N(CC)CC)(N(c1ccccc1)P(OC)OC)N(c1ccccc1)P(OC)OC. The van der Waals surface area contributed by atoms with E-state index in [0.717, 1.165) is 24.5 Å². The van der Waals surface area contributed by atoms with E-state index in [0.29, 0.717) is 0 Å². The monoisotopic (exact) mass is 482 g/mol. The van der Waals surface area contributed by atoms with E-state index in [2.05, 4.69) is 27.4 Å². The average Bonchev–Trinajstić information content (AvgIpc) is 2.82. The number of hydrogen-bond acceptors (Lipinski definition) is 7. The Labute approximate surface area is 191 Å². The van der Waals surface area contributed by atoms with Crippen molar-refractivity contribution in [3.05, 3.63) is 60.7 Å². The first-order valence-corrected chi connectivity index (χ1v) is 13.9. The third-order valence-corrected chi connectivity index (χ3v) is 12.4. The molecule has 7 nitrogen and oxygen atoms in total. The van der Waals surface area contributed by atoms with Crippen molar-refractivity contribution in [2.75, 3.05) is 50.4 Å². The van der Waals surface area contributed by atoms with Crippen LogP contribution in [0.5, 0.6) is 0 Å². The summed E-state index contributed by atoms with van der Waals surface area (Å²) in [5.41, 5.74) is 1.81. The van der Waals surface area contributed by atoms with Crippen LogP contribution in [0.4, 0.5) is 11.4 Å². The molecule has 2 aromatic carbocycles. The molecule has 0 amide bonds. The number of hydrogen-bond donors (Lipinski definition) is 0. The molecule has 0 heterocycles. The van der Waals surface area contributed by atoms with E-state index in [1.807, 2.05) is 60.7 Å². The van der Waals surface area contributed by atoms with Crippen LogP contribution >= 0.6 is 24.6 Å². The Balaban J connectivity index is 2.85. The van der Waals surface area contributed by atoms with Gasteiger partial charge in [0, 0.05) is 49.1 Å². The zero-order valence-electron chi connectivity index (χ0n) is 19.1. The second-order valence-corrected chi connectivity index (χ2v) is 12.6. The lowest BCUT2D eigenvalue weighted by Gasteiger charge is -2.57. The van der Waals surface area contributed by atoms with Crippen molar-refractivity contribution >= 4 is 43.6 Å². The van der Waals surface area contributed by atoms with Crippen LogP contribution in [0.2, 0.25) is 0 Å². The third-order valence-electron chi connectivity index (χ3n) is 4.61. The molecule has 3 radical (unpaired) electrons. The van der Waals surface area contributed by atoms with Crippen LogP contribution in [0, 0.1) is 0 Å². The van der Waals surface area contributed by atoms with E-state index >= 15 is 0 Å². The molecule has 0 spiro atoms. The van der Waals surface area contributed by atoms with Gasteiger partial charge in [-0.3, -0.25) is 0 Å². The van der Waals surface area contributed by atoms with Gasteiger partial charge in [-0.1, -0.05) is 36.4 Å². The molecule has 169 valence electrons. The molecule has 2 rings (SSSR count). The molecule has 2 aromatic rings. The van der Waals surface area contributed by atoms with E-state index in [1.165, 1.54) is 0 Å². The lowest BCUT2D eigenvalue weighted by molar-refractivity contribution is 0.339. The maximum Gasteiger partial charge on any atom is 0.322 e. The Morgan fingerprint density at radius 1 is 0.677 bits per heavy atom. The molecule has 0 aliphatic rings. The number of benzene rings is 2. The Morgan fingerprint density at radius 3 is 1.26 bits per heavy atom. The average molecular weight is 482 g/mol. The highest BCUT2D eigenvalue weighted by atomic mass is 31.3. The summed E-state index contributed by atoms with van der Waals surface area (Å²) in [4.78, 5) is 0. The molecule has 0 atom stereocenters. The van der Waals surface area contributed by atoms with Gasteiger partial charge in [-0.15, -0.1) is 0 Å². The first-order valence-electron chi connectivity index (χ1n) is 9.94. The van der Waals surface area contributed by atoms with Crippen molar-refractivity contribution in [1.29, 1.82) is 0 Å². The minimum absolute atomic E-state index is 0.723. The van der Waals surface area contributed by atoms with Crippen molar-refractivity contribution in [2.24, 2.45) is 0 Å². The summed E-state index contributed by atoms with van der Waals surface area (Å²) in [6, 6.07) is 20.0. The largest absolute Gasteiger partial charge is 0.322 e. The van der Waals surface area contributed by atoms with Crippen molar-refractivity contribution in [3.8, 4) is 0 Å². The number of para-hydroxylation sites is 2. The minimum Gasteiger partial charge on any atom is -0.319 e. The van der Waals surface area contributed by atoms with Gasteiger partial charge in [0.05, 0.1) is 11.4 Å². The molecule has 0 saturated heterocycles. The maximum atomic E-state index is 7.52. The quantitative estimate of drug-likeness (QED) is 0.248. The topological polar surface area (TPSA) is 46.6 Å². The minimum atomic E-state index is -2.86. The highest BCUT2D eigenvalue weighted by Gasteiger charge is 2.49. The molecule has 0 aliphatic heterocycles. The molecule has 31 heavy (non-hydrogen) atoms. The first kappa shape index (κ1) is 26.4. The maximum absolute atomic E-state index is 7.52. The smallest absolute Gasteiger partial charge is 0.319 e. The van der Waals surface area contributed by atoms with Gasteiger partial charge >= 0.3 is 17.1 Å². The molecular weight excluding hydrogens is 450 g/mol. The Morgan fingerprint density at radius 2 is 1.00 bits per heavy atom. The van der Waals surface area contributed by atoms with Crippen LogP contribution in [0.1, 0.15) is 13.8 Å². The predicted molar refractivity (Wildman–Crippen MR) is 135 cm³/mol. The van der Waals surface area contributed by atoms with Crippen molar-refractivity contribution in [3.63, 3.8) is 0 Å². The first-order chi connectivity index (χ1) is 15.0. The fourth-order valence-electron chi connectivity index (χ4n) is 3.28. The van der Waals surface area contributed by atoms with Gasteiger partial charge < -0.3 is 18.1 Å². The Kier molecular flexibility index (Phi) is 11.1. The molecular formula is C20H32BN3O4P3. The second kappa shape index (κ2) is 13.0. The molecule has 11 heteroatoms. The summed E-state index contributed by atoms with van der Waals surface area (Å²) in [5.74, 6) is 0. The fraction of sp³-hybridized carbons (Fsp3) is 0.400. The molecule has 0 aromatic heterocycles. The summed E-state index contributed by atoms with van der Waals surface area (Å²) in [5, 5.41) is 0. The van der Waals surface area contributed by atoms with Gasteiger partial charge in [0.25, 0.3) is 0 Å². The second-order valence-electron chi connectivity index (χ2n) is 6.21. The summed E-state index contributed by atoms with van der Waals surface area (Å²) in [6.07, 6.45) is 0. The number of rotatable bonds is 13. The van der Waals surface area contributed by atoms with Crippen molar-refractivity contribution < 1.29 is 18.1 Å². The Bertz CT molecular complexity index is 698. The van der Waals surface area contributed by atoms with E-state index in [9.17, 15) is 0 Å². The lowest BCUT2D eigenvalue weighted by atomic mass is 10.3. The van der Waals surface area contributed by atoms with Crippen LogP contribution in [-0.2, 0) is 18.1 Å². The van der Waals surface area contributed by atoms with Gasteiger partial charge in [0.2, 0.25) is 0 Å². The van der Waals surface area contributed by atoms with Gasteiger partial charge in [0.15, 0.2) is 0 Å². The van der Waals surface area contributed by atoms with E-state index in [4.69, 9.17) is 25.7 Å². The zero-order chi connectivity index (χ0) is 22.9. The van der Waals surface area contributed by atoms with Crippen LogP contribution in [0.3, 0.4) is 0 Å². The third kappa shape index (κ3) is 5.77. The highest BCUT2D eigenvalue weighted by molar-refractivity contribution is 8.06. The Hall–Kier alpha value is -0.805. The van der Waals surface area contributed by atoms with Gasteiger partial charge in [0.1, 0.15) is 0 Å².